The van der Waals surface area contributed by atoms with Crippen LogP contribution in [0.5, 0.6) is 5.75 Å². The van der Waals surface area contributed by atoms with Crippen LogP contribution in [-0.2, 0) is 6.42 Å². The Labute approximate surface area is 142 Å². The summed E-state index contributed by atoms with van der Waals surface area (Å²) in [6.07, 6.45) is 3.29. The van der Waals surface area contributed by atoms with Crippen LogP contribution >= 0.6 is 0 Å². The van der Waals surface area contributed by atoms with Crippen LogP contribution in [0.4, 0.5) is 11.8 Å². The number of hydrogen-bond acceptors (Lipinski definition) is 6. The second-order valence-corrected chi connectivity index (χ2v) is 6.24. The number of anilines is 2. The van der Waals surface area contributed by atoms with Crippen molar-refractivity contribution >= 4 is 11.8 Å². The van der Waals surface area contributed by atoms with E-state index in [1.807, 2.05) is 18.2 Å². The van der Waals surface area contributed by atoms with Crippen molar-refractivity contribution in [1.82, 2.24) is 9.97 Å². The molecule has 0 bridgehead atoms. The summed E-state index contributed by atoms with van der Waals surface area (Å²) in [5, 5.41) is 12.7. The number of aliphatic hydroxyl groups is 1. The van der Waals surface area contributed by atoms with E-state index in [-0.39, 0.29) is 12.1 Å². The molecule has 0 atom stereocenters. The maximum absolute atomic E-state index is 9.43. The minimum absolute atomic E-state index is 0.202. The van der Waals surface area contributed by atoms with Crippen LogP contribution in [0.3, 0.4) is 0 Å². The monoisotopic (exact) mass is 328 g/mol. The molecule has 0 radical (unpaired) electrons. The van der Waals surface area contributed by atoms with Gasteiger partial charge in [-0.15, -0.1) is 0 Å². The molecule has 0 unspecified atom stereocenters. The van der Waals surface area contributed by atoms with E-state index in [1.54, 1.807) is 7.11 Å². The van der Waals surface area contributed by atoms with Crippen molar-refractivity contribution in [3.63, 3.8) is 0 Å². The Morgan fingerprint density at radius 2 is 2.00 bits per heavy atom. The molecule has 6 heteroatoms. The molecular weight excluding hydrogens is 304 g/mol. The zero-order valence-corrected chi connectivity index (χ0v) is 13.9. The first-order chi connectivity index (χ1) is 11.6. The number of aromatic nitrogens is 2. The molecule has 3 rings (SSSR count). The van der Waals surface area contributed by atoms with Gasteiger partial charge in [0.05, 0.1) is 18.9 Å². The first kappa shape index (κ1) is 16.5. The van der Waals surface area contributed by atoms with Gasteiger partial charge in [-0.25, -0.2) is 4.98 Å². The lowest BCUT2D eigenvalue weighted by Gasteiger charge is -2.30. The second-order valence-electron chi connectivity index (χ2n) is 6.24. The molecule has 0 amide bonds. The van der Waals surface area contributed by atoms with Crippen LogP contribution in [0, 0.1) is 0 Å². The van der Waals surface area contributed by atoms with Crippen molar-refractivity contribution in [2.24, 2.45) is 0 Å². The number of aryl methyl sites for hydroxylation is 1. The molecule has 1 aromatic carbocycles. The number of aliphatic hydroxyl groups excluding tert-OH is 1. The maximum Gasteiger partial charge on any atom is 0.222 e. The number of nitrogens with zero attached hydrogens (tertiary/aromatic N) is 2. The standard InChI is InChI=1S/C18H24N4O2/c1-24-15-6-4-12(5-7-15)3-2-8-20-17-11-16(21-18(19)22-17)13-9-14(23)10-13/h4-7,11,13-14,23H,2-3,8-10H2,1H3,(H3,19,20,21,22). The number of nitrogen functional groups attached to an aromatic ring is 1. The summed E-state index contributed by atoms with van der Waals surface area (Å²) in [6, 6.07) is 10.1. The van der Waals surface area contributed by atoms with Gasteiger partial charge < -0.3 is 20.9 Å². The first-order valence-corrected chi connectivity index (χ1v) is 8.33. The van der Waals surface area contributed by atoms with Gasteiger partial charge in [0.15, 0.2) is 0 Å². The van der Waals surface area contributed by atoms with Crippen molar-refractivity contribution in [1.29, 1.82) is 0 Å². The van der Waals surface area contributed by atoms with Gasteiger partial charge >= 0.3 is 0 Å². The molecule has 1 aliphatic carbocycles. The average molecular weight is 328 g/mol. The number of ether oxygens (including phenoxy) is 1. The summed E-state index contributed by atoms with van der Waals surface area (Å²) < 4.78 is 5.16. The fourth-order valence-corrected chi connectivity index (χ4v) is 2.92. The van der Waals surface area contributed by atoms with E-state index < -0.39 is 0 Å². The molecule has 1 saturated carbocycles. The van der Waals surface area contributed by atoms with Gasteiger partial charge in [0.25, 0.3) is 0 Å². The van der Waals surface area contributed by atoms with E-state index >= 15 is 0 Å². The third kappa shape index (κ3) is 4.14. The van der Waals surface area contributed by atoms with Crippen molar-refractivity contribution in [3.8, 4) is 5.75 Å². The highest BCUT2D eigenvalue weighted by atomic mass is 16.5. The highest BCUT2D eigenvalue weighted by molar-refractivity contribution is 5.42. The van der Waals surface area contributed by atoms with E-state index in [2.05, 4.69) is 27.4 Å². The van der Waals surface area contributed by atoms with Gasteiger partial charge in [0.2, 0.25) is 5.95 Å². The third-order valence-electron chi connectivity index (χ3n) is 4.40. The number of nitrogens with two attached hydrogens (primary N) is 1. The molecular formula is C18H24N4O2. The number of hydrogen-bond donors (Lipinski definition) is 3. The Morgan fingerprint density at radius 1 is 1.25 bits per heavy atom. The van der Waals surface area contributed by atoms with Gasteiger partial charge in [0.1, 0.15) is 11.6 Å². The molecule has 128 valence electrons. The van der Waals surface area contributed by atoms with Gasteiger partial charge in [0, 0.05) is 18.5 Å². The smallest absolute Gasteiger partial charge is 0.222 e. The highest BCUT2D eigenvalue weighted by Gasteiger charge is 2.30. The van der Waals surface area contributed by atoms with E-state index in [1.165, 1.54) is 5.56 Å². The fourth-order valence-electron chi connectivity index (χ4n) is 2.92. The summed E-state index contributed by atoms with van der Waals surface area (Å²) in [6.45, 7) is 0.815. The Bertz CT molecular complexity index is 669. The molecule has 6 nitrogen and oxygen atoms in total. The lowest BCUT2D eigenvalue weighted by molar-refractivity contribution is 0.0732. The van der Waals surface area contributed by atoms with Crippen LogP contribution in [0.25, 0.3) is 0 Å². The van der Waals surface area contributed by atoms with E-state index in [0.29, 0.717) is 5.92 Å². The summed E-state index contributed by atoms with van der Waals surface area (Å²) in [7, 11) is 1.67. The van der Waals surface area contributed by atoms with Crippen LogP contribution in [0.1, 0.15) is 36.4 Å². The van der Waals surface area contributed by atoms with Crippen molar-refractivity contribution in [2.75, 3.05) is 24.7 Å². The van der Waals surface area contributed by atoms with E-state index in [0.717, 1.165) is 49.5 Å². The molecule has 1 heterocycles. The van der Waals surface area contributed by atoms with E-state index in [9.17, 15) is 5.11 Å². The van der Waals surface area contributed by atoms with E-state index in [4.69, 9.17) is 10.5 Å². The zero-order valence-electron chi connectivity index (χ0n) is 13.9. The first-order valence-electron chi connectivity index (χ1n) is 8.33. The number of rotatable bonds is 7. The molecule has 1 aliphatic rings. The van der Waals surface area contributed by atoms with Crippen molar-refractivity contribution < 1.29 is 9.84 Å². The number of nitrogens with one attached hydrogen (secondary N) is 1. The fraction of sp³-hybridized carbons (Fsp3) is 0.444. The summed E-state index contributed by atoms with van der Waals surface area (Å²) in [5.41, 5.74) is 8.00. The van der Waals surface area contributed by atoms with Gasteiger partial charge in [-0.05, 0) is 43.4 Å². The Kier molecular flexibility index (Phi) is 5.15. The maximum atomic E-state index is 9.43. The summed E-state index contributed by atoms with van der Waals surface area (Å²) in [4.78, 5) is 8.52. The highest BCUT2D eigenvalue weighted by Crippen LogP contribution is 2.36. The van der Waals surface area contributed by atoms with Crippen molar-refractivity contribution in [3.05, 3.63) is 41.6 Å². The lowest BCUT2D eigenvalue weighted by atomic mass is 9.80. The molecule has 4 N–H and O–H groups in total. The van der Waals surface area contributed by atoms with Crippen LogP contribution in [0.2, 0.25) is 0 Å². The Hall–Kier alpha value is -2.34. The zero-order chi connectivity index (χ0) is 16.9. The van der Waals surface area contributed by atoms with Gasteiger partial charge in [-0.3, -0.25) is 0 Å². The molecule has 0 spiro atoms. The quantitative estimate of drug-likeness (QED) is 0.676. The second kappa shape index (κ2) is 7.49. The Morgan fingerprint density at radius 3 is 2.67 bits per heavy atom. The van der Waals surface area contributed by atoms with Gasteiger partial charge in [-0.1, -0.05) is 12.1 Å². The molecule has 24 heavy (non-hydrogen) atoms. The normalized spacial score (nSPS) is 19.6. The van der Waals surface area contributed by atoms with Crippen LogP contribution in [0.15, 0.2) is 30.3 Å². The van der Waals surface area contributed by atoms with Gasteiger partial charge in [-0.2, -0.15) is 4.98 Å². The SMILES string of the molecule is COc1ccc(CCCNc2cc(C3CC(O)C3)nc(N)n2)cc1. The number of methoxy groups -OCH3 is 1. The largest absolute Gasteiger partial charge is 0.497 e. The summed E-state index contributed by atoms with van der Waals surface area (Å²) in [5.74, 6) is 2.22. The average Bonchev–Trinajstić information content (AvgIpc) is 2.56. The lowest BCUT2D eigenvalue weighted by Crippen LogP contribution is -2.27. The predicted molar refractivity (Wildman–Crippen MR) is 94.2 cm³/mol. The minimum Gasteiger partial charge on any atom is -0.497 e. The predicted octanol–water partition coefficient (Wildman–Crippen LogP) is 2.35. The minimum atomic E-state index is -0.202. The Balaban J connectivity index is 1.49. The number of benzene rings is 1. The topological polar surface area (TPSA) is 93.3 Å². The van der Waals surface area contributed by atoms with Crippen LogP contribution < -0.4 is 15.8 Å². The van der Waals surface area contributed by atoms with Crippen molar-refractivity contribution in [2.45, 2.75) is 37.7 Å². The third-order valence-corrected chi connectivity index (χ3v) is 4.40. The van der Waals surface area contributed by atoms with Crippen LogP contribution in [-0.4, -0.2) is 34.8 Å². The molecule has 0 saturated heterocycles. The molecule has 1 aromatic heterocycles. The molecule has 2 aromatic rings. The molecule has 1 fully saturated rings. The summed E-state index contributed by atoms with van der Waals surface area (Å²) >= 11 is 0. The molecule has 0 aliphatic heterocycles.